The number of carbonyl (C=O) groups is 1. The minimum absolute atomic E-state index is 0.0876. The second-order valence-corrected chi connectivity index (χ2v) is 5.63. The van der Waals surface area contributed by atoms with Crippen molar-refractivity contribution in [2.24, 2.45) is 0 Å². The monoisotopic (exact) mass is 339 g/mol. The maximum absolute atomic E-state index is 12.9. The first-order chi connectivity index (χ1) is 12.1. The molecule has 0 spiro atoms. The topological polar surface area (TPSA) is 56.1 Å². The van der Waals surface area contributed by atoms with Crippen molar-refractivity contribution < 1.29 is 13.9 Å². The number of halogens is 1. The van der Waals surface area contributed by atoms with Gasteiger partial charge in [0, 0.05) is 12.3 Å². The maximum Gasteiger partial charge on any atom is 0.263 e. The Morgan fingerprint density at radius 1 is 1.16 bits per heavy atom. The molecule has 0 aliphatic heterocycles. The van der Waals surface area contributed by atoms with Gasteiger partial charge in [-0.05, 0) is 36.2 Å². The average Bonchev–Trinajstić information content (AvgIpc) is 3.03. The number of hydrogen-bond acceptors (Lipinski definition) is 3. The molecular formula is C19H18FN3O2. The number of nitrogens with one attached hydrogen (secondary N) is 1. The number of anilines is 1. The zero-order valence-electron chi connectivity index (χ0n) is 13.8. The number of benzene rings is 2. The van der Waals surface area contributed by atoms with Gasteiger partial charge in [-0.2, -0.15) is 5.10 Å². The predicted octanol–water partition coefficient (Wildman–Crippen LogP) is 3.40. The van der Waals surface area contributed by atoms with Crippen LogP contribution in [0.4, 0.5) is 10.2 Å². The molecule has 128 valence electrons. The number of nitrogens with zero attached hydrogens (tertiary/aromatic N) is 2. The molecule has 0 saturated heterocycles. The molecule has 0 unspecified atom stereocenters. The van der Waals surface area contributed by atoms with E-state index in [4.69, 9.17) is 4.74 Å². The lowest BCUT2D eigenvalue weighted by Crippen LogP contribution is -2.20. The fraction of sp³-hybridized carbons (Fsp3) is 0.158. The Morgan fingerprint density at radius 3 is 2.68 bits per heavy atom. The average molecular weight is 339 g/mol. The lowest BCUT2D eigenvalue weighted by atomic mass is 10.2. The number of ether oxygens (including phenoxy) is 1. The van der Waals surface area contributed by atoms with Crippen LogP contribution in [0.3, 0.4) is 0 Å². The minimum atomic E-state index is -0.282. The largest absolute Gasteiger partial charge is 0.483 e. The summed E-state index contributed by atoms with van der Waals surface area (Å²) in [6.07, 6.45) is 1.75. The highest BCUT2D eigenvalue weighted by atomic mass is 19.1. The SMILES string of the molecule is Cc1ccccc1OCC(=O)Nc1ccn(Cc2ccc(F)cc2)n1. The van der Waals surface area contributed by atoms with Gasteiger partial charge < -0.3 is 10.1 Å². The highest BCUT2D eigenvalue weighted by Crippen LogP contribution is 2.16. The van der Waals surface area contributed by atoms with E-state index in [1.165, 1.54) is 12.1 Å². The fourth-order valence-corrected chi connectivity index (χ4v) is 2.33. The summed E-state index contributed by atoms with van der Waals surface area (Å²) in [5, 5.41) is 6.97. The van der Waals surface area contributed by atoms with Crippen molar-refractivity contribution in [1.82, 2.24) is 9.78 Å². The Kier molecular flexibility index (Phi) is 5.09. The van der Waals surface area contributed by atoms with E-state index in [9.17, 15) is 9.18 Å². The standard InChI is InChI=1S/C19H18FN3O2/c1-14-4-2-3-5-17(14)25-13-19(24)21-18-10-11-23(22-18)12-15-6-8-16(20)9-7-15/h2-11H,12-13H2,1H3,(H,21,22,24). The van der Waals surface area contributed by atoms with E-state index in [2.05, 4.69) is 10.4 Å². The molecule has 0 fully saturated rings. The predicted molar refractivity (Wildman–Crippen MR) is 93.0 cm³/mol. The van der Waals surface area contributed by atoms with Gasteiger partial charge in [0.25, 0.3) is 5.91 Å². The molecule has 0 bridgehead atoms. The molecular weight excluding hydrogens is 321 g/mol. The molecule has 1 amide bonds. The third-order valence-corrected chi connectivity index (χ3v) is 3.62. The molecule has 1 N–H and O–H groups in total. The summed E-state index contributed by atoms with van der Waals surface area (Å²) >= 11 is 0. The summed E-state index contributed by atoms with van der Waals surface area (Å²) < 4.78 is 20.1. The van der Waals surface area contributed by atoms with Crippen molar-refractivity contribution in [3.05, 3.63) is 77.7 Å². The summed E-state index contributed by atoms with van der Waals surface area (Å²) in [6, 6.07) is 15.4. The van der Waals surface area contributed by atoms with Crippen LogP contribution in [0.25, 0.3) is 0 Å². The van der Waals surface area contributed by atoms with Crippen molar-refractivity contribution in [3.63, 3.8) is 0 Å². The minimum Gasteiger partial charge on any atom is -0.483 e. The number of rotatable bonds is 6. The Bertz CT molecular complexity index is 859. The summed E-state index contributed by atoms with van der Waals surface area (Å²) in [4.78, 5) is 12.0. The van der Waals surface area contributed by atoms with E-state index in [1.54, 1.807) is 29.1 Å². The molecule has 3 aromatic rings. The van der Waals surface area contributed by atoms with Gasteiger partial charge in [0.2, 0.25) is 0 Å². The number of carbonyl (C=O) groups excluding carboxylic acids is 1. The van der Waals surface area contributed by atoms with Crippen LogP contribution in [0.15, 0.2) is 60.8 Å². The van der Waals surface area contributed by atoms with Crippen LogP contribution < -0.4 is 10.1 Å². The molecule has 0 radical (unpaired) electrons. The summed E-state index contributed by atoms with van der Waals surface area (Å²) in [7, 11) is 0. The van der Waals surface area contributed by atoms with Gasteiger partial charge in [0.1, 0.15) is 11.6 Å². The van der Waals surface area contributed by atoms with Crippen LogP contribution in [0.5, 0.6) is 5.75 Å². The number of aromatic nitrogens is 2. The first-order valence-electron chi connectivity index (χ1n) is 7.86. The van der Waals surface area contributed by atoms with Gasteiger partial charge in [-0.15, -0.1) is 0 Å². The van der Waals surface area contributed by atoms with Crippen LogP contribution in [-0.4, -0.2) is 22.3 Å². The zero-order chi connectivity index (χ0) is 17.6. The smallest absolute Gasteiger partial charge is 0.263 e. The second kappa shape index (κ2) is 7.61. The van der Waals surface area contributed by atoms with Crippen molar-refractivity contribution in [2.75, 3.05) is 11.9 Å². The van der Waals surface area contributed by atoms with Crippen LogP contribution in [0, 0.1) is 12.7 Å². The molecule has 2 aromatic carbocycles. The van der Waals surface area contributed by atoms with Crippen molar-refractivity contribution in [3.8, 4) is 5.75 Å². The van der Waals surface area contributed by atoms with Crippen molar-refractivity contribution in [2.45, 2.75) is 13.5 Å². The first kappa shape index (κ1) is 16.7. The molecule has 0 aliphatic rings. The van der Waals surface area contributed by atoms with E-state index in [-0.39, 0.29) is 18.3 Å². The van der Waals surface area contributed by atoms with Crippen LogP contribution in [-0.2, 0) is 11.3 Å². The van der Waals surface area contributed by atoms with Gasteiger partial charge >= 0.3 is 0 Å². The van der Waals surface area contributed by atoms with Gasteiger partial charge in [-0.25, -0.2) is 4.39 Å². The van der Waals surface area contributed by atoms with E-state index in [1.807, 2.05) is 31.2 Å². The first-order valence-corrected chi connectivity index (χ1v) is 7.86. The Morgan fingerprint density at radius 2 is 1.92 bits per heavy atom. The molecule has 0 aliphatic carbocycles. The number of aryl methyl sites for hydroxylation is 1. The number of amides is 1. The van der Waals surface area contributed by atoms with Crippen LogP contribution >= 0.6 is 0 Å². The Labute approximate surface area is 145 Å². The molecule has 1 aromatic heterocycles. The van der Waals surface area contributed by atoms with Gasteiger partial charge in [-0.1, -0.05) is 30.3 Å². The molecule has 5 nitrogen and oxygen atoms in total. The van der Waals surface area contributed by atoms with Crippen LogP contribution in [0.2, 0.25) is 0 Å². The van der Waals surface area contributed by atoms with E-state index < -0.39 is 0 Å². The quantitative estimate of drug-likeness (QED) is 0.749. The second-order valence-electron chi connectivity index (χ2n) is 5.63. The van der Waals surface area contributed by atoms with Gasteiger partial charge in [-0.3, -0.25) is 9.48 Å². The number of para-hydroxylation sites is 1. The molecule has 3 rings (SSSR count). The van der Waals surface area contributed by atoms with Crippen molar-refractivity contribution >= 4 is 11.7 Å². The third kappa shape index (κ3) is 4.67. The lowest BCUT2D eigenvalue weighted by molar-refractivity contribution is -0.118. The Balaban J connectivity index is 1.53. The molecule has 0 saturated carbocycles. The molecule has 6 heteroatoms. The van der Waals surface area contributed by atoms with Crippen LogP contribution in [0.1, 0.15) is 11.1 Å². The molecule has 1 heterocycles. The lowest BCUT2D eigenvalue weighted by Gasteiger charge is -2.08. The summed E-state index contributed by atoms with van der Waals surface area (Å²) in [5.74, 6) is 0.570. The highest BCUT2D eigenvalue weighted by molar-refractivity contribution is 5.90. The van der Waals surface area contributed by atoms with E-state index in [0.717, 1.165) is 11.1 Å². The van der Waals surface area contributed by atoms with Gasteiger partial charge in [0.15, 0.2) is 12.4 Å². The summed E-state index contributed by atoms with van der Waals surface area (Å²) in [6.45, 7) is 2.33. The van der Waals surface area contributed by atoms with Crippen molar-refractivity contribution in [1.29, 1.82) is 0 Å². The normalized spacial score (nSPS) is 10.5. The number of hydrogen-bond donors (Lipinski definition) is 1. The Hall–Kier alpha value is -3.15. The zero-order valence-corrected chi connectivity index (χ0v) is 13.8. The summed E-state index contributed by atoms with van der Waals surface area (Å²) in [5.41, 5.74) is 1.89. The highest BCUT2D eigenvalue weighted by Gasteiger charge is 2.07. The fourth-order valence-electron chi connectivity index (χ4n) is 2.33. The van der Waals surface area contributed by atoms with E-state index >= 15 is 0 Å². The maximum atomic E-state index is 12.9. The third-order valence-electron chi connectivity index (χ3n) is 3.62. The molecule has 25 heavy (non-hydrogen) atoms. The van der Waals surface area contributed by atoms with E-state index in [0.29, 0.717) is 18.1 Å². The molecule has 0 atom stereocenters. The van der Waals surface area contributed by atoms with Gasteiger partial charge in [0.05, 0.1) is 6.54 Å².